The molecule has 0 heterocycles. The molecule has 0 unspecified atom stereocenters. The molecule has 0 amide bonds. The predicted octanol–water partition coefficient (Wildman–Crippen LogP) is 3.69. The lowest BCUT2D eigenvalue weighted by Gasteiger charge is -2.13. The Labute approximate surface area is 107 Å². The first-order valence-corrected chi connectivity index (χ1v) is 5.79. The van der Waals surface area contributed by atoms with E-state index in [1.54, 1.807) is 7.11 Å². The fraction of sp³-hybridized carbons (Fsp3) is 0.200. The van der Waals surface area contributed by atoms with E-state index in [0.717, 1.165) is 11.1 Å². The number of hydrogen-bond donors (Lipinski definition) is 1. The molecule has 0 aliphatic heterocycles. The predicted molar refractivity (Wildman–Crippen MR) is 73.4 cm³/mol. The van der Waals surface area contributed by atoms with Crippen molar-refractivity contribution in [3.8, 4) is 17.2 Å². The summed E-state index contributed by atoms with van der Waals surface area (Å²) in [5.41, 5.74) is 8.81. The minimum atomic E-state index is 0.659. The maximum atomic E-state index is 6.03. The SMILES string of the molecule is COc1ccccc1Oc1cc(C)cc(C)c1N. The second-order valence-electron chi connectivity index (χ2n) is 4.25. The van der Waals surface area contributed by atoms with Crippen molar-refractivity contribution in [1.29, 1.82) is 0 Å². The van der Waals surface area contributed by atoms with Gasteiger partial charge in [0.05, 0.1) is 12.8 Å². The summed E-state index contributed by atoms with van der Waals surface area (Å²) in [6, 6.07) is 11.5. The highest BCUT2D eigenvalue weighted by Gasteiger charge is 2.09. The van der Waals surface area contributed by atoms with Gasteiger partial charge in [-0.15, -0.1) is 0 Å². The smallest absolute Gasteiger partial charge is 0.169 e. The summed E-state index contributed by atoms with van der Waals surface area (Å²) >= 11 is 0. The Hall–Kier alpha value is -2.16. The zero-order chi connectivity index (χ0) is 13.1. The van der Waals surface area contributed by atoms with E-state index in [1.165, 1.54) is 0 Å². The van der Waals surface area contributed by atoms with Crippen LogP contribution in [0.3, 0.4) is 0 Å². The maximum Gasteiger partial charge on any atom is 0.169 e. The van der Waals surface area contributed by atoms with Gasteiger partial charge in [0.1, 0.15) is 0 Å². The van der Waals surface area contributed by atoms with Crippen LogP contribution in [0.25, 0.3) is 0 Å². The van der Waals surface area contributed by atoms with E-state index in [9.17, 15) is 0 Å². The van der Waals surface area contributed by atoms with Gasteiger partial charge in [0.25, 0.3) is 0 Å². The second kappa shape index (κ2) is 5.00. The number of ether oxygens (including phenoxy) is 2. The monoisotopic (exact) mass is 243 g/mol. The fourth-order valence-corrected chi connectivity index (χ4v) is 1.85. The largest absolute Gasteiger partial charge is 0.493 e. The van der Waals surface area contributed by atoms with Gasteiger partial charge in [-0.1, -0.05) is 18.2 Å². The molecule has 2 N–H and O–H groups in total. The number of nitrogens with two attached hydrogens (primary N) is 1. The molecule has 2 aromatic rings. The van der Waals surface area contributed by atoms with E-state index in [1.807, 2.05) is 50.2 Å². The zero-order valence-corrected chi connectivity index (χ0v) is 10.9. The lowest BCUT2D eigenvalue weighted by Crippen LogP contribution is -1.97. The molecule has 18 heavy (non-hydrogen) atoms. The van der Waals surface area contributed by atoms with Gasteiger partial charge in [-0.25, -0.2) is 0 Å². The van der Waals surface area contributed by atoms with E-state index < -0.39 is 0 Å². The summed E-state index contributed by atoms with van der Waals surface area (Å²) in [4.78, 5) is 0. The van der Waals surface area contributed by atoms with Crippen molar-refractivity contribution in [3.05, 3.63) is 47.5 Å². The molecule has 0 atom stereocenters. The molecule has 0 fully saturated rings. The van der Waals surface area contributed by atoms with E-state index in [2.05, 4.69) is 0 Å². The molecule has 0 spiro atoms. The highest BCUT2D eigenvalue weighted by molar-refractivity contribution is 5.61. The Morgan fingerprint density at radius 2 is 1.61 bits per heavy atom. The van der Waals surface area contributed by atoms with Crippen LogP contribution in [-0.2, 0) is 0 Å². The number of methoxy groups -OCH3 is 1. The molecule has 0 bridgehead atoms. The van der Waals surface area contributed by atoms with Gasteiger partial charge in [0.2, 0.25) is 0 Å². The summed E-state index contributed by atoms with van der Waals surface area (Å²) in [7, 11) is 1.62. The van der Waals surface area contributed by atoms with E-state index in [0.29, 0.717) is 22.9 Å². The molecule has 94 valence electrons. The van der Waals surface area contributed by atoms with Crippen LogP contribution in [0.1, 0.15) is 11.1 Å². The van der Waals surface area contributed by atoms with Crippen molar-refractivity contribution in [2.24, 2.45) is 0 Å². The van der Waals surface area contributed by atoms with Crippen LogP contribution in [0.4, 0.5) is 5.69 Å². The van der Waals surface area contributed by atoms with E-state index in [-0.39, 0.29) is 0 Å². The summed E-state index contributed by atoms with van der Waals surface area (Å²) < 4.78 is 11.1. The van der Waals surface area contributed by atoms with Crippen LogP contribution in [0.15, 0.2) is 36.4 Å². The third-order valence-corrected chi connectivity index (χ3v) is 2.78. The van der Waals surface area contributed by atoms with Gasteiger partial charge in [0.15, 0.2) is 17.2 Å². The van der Waals surface area contributed by atoms with Gasteiger partial charge in [-0.05, 0) is 43.2 Å². The molecule has 0 saturated heterocycles. The van der Waals surface area contributed by atoms with Crippen molar-refractivity contribution >= 4 is 5.69 Å². The summed E-state index contributed by atoms with van der Waals surface area (Å²) in [5.74, 6) is 2.02. The highest BCUT2D eigenvalue weighted by Crippen LogP contribution is 2.35. The van der Waals surface area contributed by atoms with Crippen molar-refractivity contribution < 1.29 is 9.47 Å². The van der Waals surface area contributed by atoms with Crippen LogP contribution in [0.5, 0.6) is 17.2 Å². The number of rotatable bonds is 3. The number of anilines is 1. The van der Waals surface area contributed by atoms with Crippen molar-refractivity contribution in [2.75, 3.05) is 12.8 Å². The number of para-hydroxylation sites is 2. The van der Waals surface area contributed by atoms with Crippen LogP contribution < -0.4 is 15.2 Å². The summed E-state index contributed by atoms with van der Waals surface area (Å²) in [5, 5.41) is 0. The number of nitrogen functional groups attached to an aromatic ring is 1. The van der Waals surface area contributed by atoms with Crippen molar-refractivity contribution in [1.82, 2.24) is 0 Å². The number of hydrogen-bond acceptors (Lipinski definition) is 3. The Morgan fingerprint density at radius 3 is 2.28 bits per heavy atom. The third kappa shape index (κ3) is 2.40. The highest BCUT2D eigenvalue weighted by atomic mass is 16.5. The lowest BCUT2D eigenvalue weighted by atomic mass is 10.1. The van der Waals surface area contributed by atoms with Gasteiger partial charge in [-0.2, -0.15) is 0 Å². The lowest BCUT2D eigenvalue weighted by molar-refractivity contribution is 0.379. The third-order valence-electron chi connectivity index (χ3n) is 2.78. The summed E-state index contributed by atoms with van der Waals surface area (Å²) in [6.45, 7) is 3.99. The van der Waals surface area contributed by atoms with Crippen LogP contribution in [-0.4, -0.2) is 7.11 Å². The molecule has 0 saturated carbocycles. The molecule has 0 radical (unpaired) electrons. The molecular formula is C15H17NO2. The van der Waals surface area contributed by atoms with E-state index >= 15 is 0 Å². The Kier molecular flexibility index (Phi) is 3.42. The summed E-state index contributed by atoms with van der Waals surface area (Å²) in [6.07, 6.45) is 0. The van der Waals surface area contributed by atoms with Gasteiger partial charge < -0.3 is 15.2 Å². The average molecular weight is 243 g/mol. The molecule has 0 aliphatic carbocycles. The first-order chi connectivity index (χ1) is 8.61. The molecule has 0 aromatic heterocycles. The normalized spacial score (nSPS) is 10.2. The molecule has 3 nitrogen and oxygen atoms in total. The Morgan fingerprint density at radius 1 is 0.944 bits per heavy atom. The van der Waals surface area contributed by atoms with Gasteiger partial charge in [-0.3, -0.25) is 0 Å². The minimum absolute atomic E-state index is 0.659. The number of aryl methyl sites for hydroxylation is 2. The van der Waals surface area contributed by atoms with Gasteiger partial charge >= 0.3 is 0 Å². The average Bonchev–Trinajstić information content (AvgIpc) is 2.36. The molecule has 2 rings (SSSR count). The quantitative estimate of drug-likeness (QED) is 0.836. The fourth-order valence-electron chi connectivity index (χ4n) is 1.85. The first-order valence-electron chi connectivity index (χ1n) is 5.79. The van der Waals surface area contributed by atoms with Crippen LogP contribution >= 0.6 is 0 Å². The topological polar surface area (TPSA) is 44.5 Å². The molecule has 0 aliphatic rings. The first kappa shape index (κ1) is 12.3. The van der Waals surface area contributed by atoms with Crippen LogP contribution in [0.2, 0.25) is 0 Å². The molecule has 2 aromatic carbocycles. The minimum Gasteiger partial charge on any atom is -0.493 e. The Balaban J connectivity index is 2.40. The number of benzene rings is 2. The molecular weight excluding hydrogens is 226 g/mol. The van der Waals surface area contributed by atoms with Crippen molar-refractivity contribution in [2.45, 2.75) is 13.8 Å². The van der Waals surface area contributed by atoms with Gasteiger partial charge in [0, 0.05) is 0 Å². The second-order valence-corrected chi connectivity index (χ2v) is 4.25. The zero-order valence-electron chi connectivity index (χ0n) is 10.9. The van der Waals surface area contributed by atoms with E-state index in [4.69, 9.17) is 15.2 Å². The Bertz CT molecular complexity index is 564. The molecule has 3 heteroatoms. The maximum absolute atomic E-state index is 6.03. The van der Waals surface area contributed by atoms with Crippen molar-refractivity contribution in [3.63, 3.8) is 0 Å². The van der Waals surface area contributed by atoms with Crippen LogP contribution in [0, 0.1) is 13.8 Å². The standard InChI is InChI=1S/C15H17NO2/c1-10-8-11(2)15(16)14(9-10)18-13-7-5-4-6-12(13)17-3/h4-9H,16H2,1-3H3.